The normalized spacial score (nSPS) is 10.8. The smallest absolute Gasteiger partial charge is 0.251 e. The quantitative estimate of drug-likeness (QED) is 0.260. The van der Waals surface area contributed by atoms with Crippen molar-refractivity contribution in [1.29, 1.82) is 0 Å². The number of fused-ring (bicyclic) bond motifs is 1. The van der Waals surface area contributed by atoms with E-state index in [1.807, 2.05) is 42.5 Å². The van der Waals surface area contributed by atoms with Crippen LogP contribution in [0.4, 0.5) is 0 Å². The van der Waals surface area contributed by atoms with Crippen LogP contribution < -0.4 is 19.5 Å². The average molecular weight is 488 g/mol. The number of nitrogens with zero attached hydrogens (tertiary/aromatic N) is 2. The first-order valence-corrected chi connectivity index (χ1v) is 12.3. The predicted octanol–water partition coefficient (Wildman–Crippen LogP) is 5.28. The Morgan fingerprint density at radius 3 is 2.47 bits per heavy atom. The molecular weight excluding hydrogens is 454 g/mol. The number of aryl methyl sites for hydroxylation is 1. The zero-order valence-corrected chi connectivity index (χ0v) is 20.9. The molecule has 0 fully saturated rings. The van der Waals surface area contributed by atoms with Gasteiger partial charge >= 0.3 is 0 Å². The van der Waals surface area contributed by atoms with Crippen LogP contribution in [0, 0.1) is 0 Å². The summed E-state index contributed by atoms with van der Waals surface area (Å²) in [5, 5.41) is 2.99. The molecule has 0 saturated heterocycles. The lowest BCUT2D eigenvalue weighted by molar-refractivity contribution is 0.0952. The highest BCUT2D eigenvalue weighted by Crippen LogP contribution is 2.27. The molecule has 1 amide bonds. The van der Waals surface area contributed by atoms with E-state index < -0.39 is 0 Å². The van der Waals surface area contributed by atoms with Crippen LogP contribution in [0.15, 0.2) is 72.8 Å². The van der Waals surface area contributed by atoms with Crippen LogP contribution in [-0.4, -0.2) is 42.8 Å². The van der Waals surface area contributed by atoms with Gasteiger partial charge in [-0.2, -0.15) is 0 Å². The van der Waals surface area contributed by atoms with Crippen molar-refractivity contribution in [2.24, 2.45) is 0 Å². The van der Waals surface area contributed by atoms with Crippen molar-refractivity contribution in [3.8, 4) is 17.2 Å². The predicted molar refractivity (Wildman–Crippen MR) is 141 cm³/mol. The molecule has 0 atom stereocenters. The lowest BCUT2D eigenvalue weighted by Gasteiger charge is -2.11. The van der Waals surface area contributed by atoms with E-state index in [1.165, 1.54) is 0 Å². The summed E-state index contributed by atoms with van der Waals surface area (Å²) in [5.74, 6) is 2.98. The minimum Gasteiger partial charge on any atom is -0.493 e. The molecule has 0 bridgehead atoms. The fraction of sp³-hybridized carbons (Fsp3) is 0.310. The zero-order chi connectivity index (χ0) is 25.2. The summed E-state index contributed by atoms with van der Waals surface area (Å²) in [6.07, 6.45) is 3.77. The molecule has 0 spiro atoms. The maximum Gasteiger partial charge on any atom is 0.251 e. The number of amides is 1. The first-order valence-electron chi connectivity index (χ1n) is 12.3. The number of carbonyl (C=O) groups excluding carboxylic acids is 1. The number of methoxy groups -OCH3 is 2. The Morgan fingerprint density at radius 1 is 0.889 bits per heavy atom. The molecule has 36 heavy (non-hydrogen) atoms. The van der Waals surface area contributed by atoms with Gasteiger partial charge in [0.25, 0.3) is 5.91 Å². The SMILES string of the molecule is COc1ccc(C(=O)NCCCCCc2nc3ccccc3n2CCOc2ccccc2)cc1OC. The molecule has 7 heteroatoms. The third-order valence-electron chi connectivity index (χ3n) is 6.07. The molecule has 188 valence electrons. The van der Waals surface area contributed by atoms with E-state index >= 15 is 0 Å². The average Bonchev–Trinajstić information content (AvgIpc) is 3.27. The molecule has 1 aromatic heterocycles. The number of nitrogens with one attached hydrogen (secondary N) is 1. The summed E-state index contributed by atoms with van der Waals surface area (Å²) < 4.78 is 18.7. The molecule has 4 aromatic rings. The fourth-order valence-electron chi connectivity index (χ4n) is 4.20. The lowest BCUT2D eigenvalue weighted by atomic mass is 10.1. The Bertz CT molecular complexity index is 1270. The van der Waals surface area contributed by atoms with Gasteiger partial charge in [-0.25, -0.2) is 4.98 Å². The van der Waals surface area contributed by atoms with Gasteiger partial charge in [0.1, 0.15) is 18.2 Å². The van der Waals surface area contributed by atoms with E-state index in [0.717, 1.165) is 54.8 Å². The van der Waals surface area contributed by atoms with Crippen molar-refractivity contribution in [3.05, 3.63) is 84.2 Å². The highest BCUT2D eigenvalue weighted by atomic mass is 16.5. The molecule has 3 aromatic carbocycles. The van der Waals surface area contributed by atoms with Gasteiger partial charge in [0, 0.05) is 18.5 Å². The second-order valence-corrected chi connectivity index (χ2v) is 8.47. The van der Waals surface area contributed by atoms with E-state index in [9.17, 15) is 4.79 Å². The second kappa shape index (κ2) is 12.6. The zero-order valence-electron chi connectivity index (χ0n) is 20.9. The number of hydrogen-bond donors (Lipinski definition) is 1. The molecule has 1 N–H and O–H groups in total. The Balaban J connectivity index is 1.25. The monoisotopic (exact) mass is 487 g/mol. The number of unbranched alkanes of at least 4 members (excludes halogenated alkanes) is 2. The van der Waals surface area contributed by atoms with Crippen LogP contribution in [0.3, 0.4) is 0 Å². The molecule has 1 heterocycles. The van der Waals surface area contributed by atoms with E-state index in [0.29, 0.717) is 30.2 Å². The first kappa shape index (κ1) is 25.1. The van der Waals surface area contributed by atoms with Gasteiger partial charge in [-0.1, -0.05) is 36.8 Å². The van der Waals surface area contributed by atoms with Gasteiger partial charge < -0.3 is 24.1 Å². The van der Waals surface area contributed by atoms with Gasteiger partial charge in [0.2, 0.25) is 0 Å². The number of carbonyl (C=O) groups is 1. The van der Waals surface area contributed by atoms with Crippen LogP contribution in [-0.2, 0) is 13.0 Å². The third kappa shape index (κ3) is 6.36. The van der Waals surface area contributed by atoms with Crippen molar-refractivity contribution < 1.29 is 19.0 Å². The number of aromatic nitrogens is 2. The van der Waals surface area contributed by atoms with Crippen molar-refractivity contribution in [2.45, 2.75) is 32.2 Å². The van der Waals surface area contributed by atoms with Crippen LogP contribution in [0.25, 0.3) is 11.0 Å². The van der Waals surface area contributed by atoms with Crippen LogP contribution in [0.5, 0.6) is 17.2 Å². The number of ether oxygens (including phenoxy) is 3. The van der Waals surface area contributed by atoms with E-state index in [1.54, 1.807) is 32.4 Å². The Labute approximate surface area is 212 Å². The molecule has 0 radical (unpaired) electrons. The summed E-state index contributed by atoms with van der Waals surface area (Å²) in [5.41, 5.74) is 2.69. The number of para-hydroxylation sites is 3. The van der Waals surface area contributed by atoms with Crippen LogP contribution in [0.2, 0.25) is 0 Å². The lowest BCUT2D eigenvalue weighted by Crippen LogP contribution is -2.24. The summed E-state index contributed by atoms with van der Waals surface area (Å²) in [4.78, 5) is 17.4. The van der Waals surface area contributed by atoms with Crippen molar-refractivity contribution in [2.75, 3.05) is 27.4 Å². The van der Waals surface area contributed by atoms with Gasteiger partial charge in [-0.15, -0.1) is 0 Å². The highest BCUT2D eigenvalue weighted by Gasteiger charge is 2.12. The topological polar surface area (TPSA) is 74.6 Å². The molecule has 7 nitrogen and oxygen atoms in total. The van der Waals surface area contributed by atoms with E-state index in [2.05, 4.69) is 22.0 Å². The van der Waals surface area contributed by atoms with Gasteiger partial charge in [-0.05, 0) is 55.3 Å². The van der Waals surface area contributed by atoms with E-state index in [-0.39, 0.29) is 5.91 Å². The second-order valence-electron chi connectivity index (χ2n) is 8.47. The minimum atomic E-state index is -0.115. The summed E-state index contributed by atoms with van der Waals surface area (Å²) in [6.45, 7) is 1.94. The van der Waals surface area contributed by atoms with Gasteiger partial charge in [0.05, 0.1) is 31.8 Å². The fourth-order valence-corrected chi connectivity index (χ4v) is 4.20. The van der Waals surface area contributed by atoms with Gasteiger partial charge in [-0.3, -0.25) is 4.79 Å². The summed E-state index contributed by atoms with van der Waals surface area (Å²) >= 11 is 0. The Kier molecular flexibility index (Phi) is 8.81. The number of benzene rings is 3. The minimum absolute atomic E-state index is 0.115. The maximum atomic E-state index is 12.5. The van der Waals surface area contributed by atoms with Gasteiger partial charge in [0.15, 0.2) is 11.5 Å². The number of rotatable bonds is 13. The summed E-state index contributed by atoms with van der Waals surface area (Å²) in [6, 6.07) is 23.3. The first-order chi connectivity index (χ1) is 17.7. The highest BCUT2D eigenvalue weighted by molar-refractivity contribution is 5.94. The molecule has 0 aliphatic carbocycles. The number of hydrogen-bond acceptors (Lipinski definition) is 5. The Morgan fingerprint density at radius 2 is 1.67 bits per heavy atom. The number of imidazole rings is 1. The Hall–Kier alpha value is -4.00. The molecule has 0 unspecified atom stereocenters. The van der Waals surface area contributed by atoms with Crippen molar-refractivity contribution in [3.63, 3.8) is 0 Å². The molecular formula is C29H33N3O4. The molecule has 4 rings (SSSR count). The van der Waals surface area contributed by atoms with Crippen LogP contribution >= 0.6 is 0 Å². The molecule has 0 saturated carbocycles. The van der Waals surface area contributed by atoms with Crippen LogP contribution in [0.1, 0.15) is 35.4 Å². The standard InChI is InChI=1S/C29H33N3O4/c1-34-26-17-16-22(21-27(26)35-2)29(33)30-18-10-4-7-15-28-31-24-13-8-9-14-25(24)32(28)19-20-36-23-11-5-3-6-12-23/h3,5-6,8-9,11-14,16-17,21H,4,7,10,15,18-20H2,1-2H3,(H,30,33). The molecule has 0 aliphatic rings. The largest absolute Gasteiger partial charge is 0.493 e. The third-order valence-corrected chi connectivity index (χ3v) is 6.07. The van der Waals surface area contributed by atoms with Crippen molar-refractivity contribution in [1.82, 2.24) is 14.9 Å². The van der Waals surface area contributed by atoms with Crippen molar-refractivity contribution >= 4 is 16.9 Å². The summed E-state index contributed by atoms with van der Waals surface area (Å²) in [7, 11) is 3.13. The molecule has 0 aliphatic heterocycles. The van der Waals surface area contributed by atoms with E-state index in [4.69, 9.17) is 19.2 Å². The maximum absolute atomic E-state index is 12.5.